The van der Waals surface area contributed by atoms with Gasteiger partial charge >= 0.3 is 0 Å². The summed E-state index contributed by atoms with van der Waals surface area (Å²) in [5.41, 5.74) is 1.12. The second-order valence-electron chi connectivity index (χ2n) is 5.77. The van der Waals surface area contributed by atoms with Crippen LogP contribution in [0.5, 0.6) is 0 Å². The highest BCUT2D eigenvalue weighted by Gasteiger charge is 2.14. The van der Waals surface area contributed by atoms with Crippen molar-refractivity contribution in [2.24, 2.45) is 0 Å². The molecule has 6 heteroatoms. The monoisotopic (exact) mass is 366 g/mol. The Kier molecular flexibility index (Phi) is 4.82. The molecule has 4 nitrogen and oxygen atoms in total. The SMILES string of the molecule is [C-]#[N+]c1cc(-c2cccc(-c3cc(C#N)c(F)c(C#N)c3)c2)cc(C#N)c1F. The van der Waals surface area contributed by atoms with E-state index in [0.717, 1.165) is 0 Å². The summed E-state index contributed by atoms with van der Waals surface area (Å²) in [5, 5.41) is 27.3. The van der Waals surface area contributed by atoms with Crippen LogP contribution in [-0.2, 0) is 0 Å². The van der Waals surface area contributed by atoms with Gasteiger partial charge in [0.15, 0.2) is 5.82 Å². The Hall–Kier alpha value is -4.52. The summed E-state index contributed by atoms with van der Waals surface area (Å²) >= 11 is 0. The second kappa shape index (κ2) is 7.38. The van der Waals surface area contributed by atoms with Crippen LogP contribution in [0.25, 0.3) is 27.1 Å². The molecular formula is C22H8F2N4. The van der Waals surface area contributed by atoms with Gasteiger partial charge in [-0.15, -0.1) is 0 Å². The molecule has 0 bridgehead atoms. The van der Waals surface area contributed by atoms with Gasteiger partial charge in [-0.25, -0.2) is 13.6 Å². The molecule has 0 saturated carbocycles. The minimum absolute atomic E-state index is 0.241. The lowest BCUT2D eigenvalue weighted by molar-refractivity contribution is 0.620. The van der Waals surface area contributed by atoms with E-state index in [1.54, 1.807) is 42.5 Å². The molecule has 0 fully saturated rings. The van der Waals surface area contributed by atoms with Crippen LogP contribution >= 0.6 is 0 Å². The third-order valence-corrected chi connectivity index (χ3v) is 4.14. The lowest BCUT2D eigenvalue weighted by Gasteiger charge is -2.09. The summed E-state index contributed by atoms with van der Waals surface area (Å²) < 4.78 is 28.0. The van der Waals surface area contributed by atoms with E-state index in [1.807, 2.05) is 0 Å². The Morgan fingerprint density at radius 2 is 1.14 bits per heavy atom. The highest BCUT2D eigenvalue weighted by Crippen LogP contribution is 2.32. The van der Waals surface area contributed by atoms with Crippen molar-refractivity contribution in [1.29, 1.82) is 15.8 Å². The van der Waals surface area contributed by atoms with Crippen molar-refractivity contribution in [1.82, 2.24) is 0 Å². The van der Waals surface area contributed by atoms with E-state index >= 15 is 0 Å². The number of nitrogens with zero attached hydrogens (tertiary/aromatic N) is 4. The molecule has 28 heavy (non-hydrogen) atoms. The average Bonchev–Trinajstić information content (AvgIpc) is 2.74. The summed E-state index contributed by atoms with van der Waals surface area (Å²) in [6, 6.07) is 17.4. The molecule has 0 aliphatic carbocycles. The van der Waals surface area contributed by atoms with E-state index in [9.17, 15) is 8.78 Å². The first-order valence-corrected chi connectivity index (χ1v) is 7.88. The maximum atomic E-state index is 14.0. The maximum absolute atomic E-state index is 14.0. The number of nitriles is 3. The molecule has 0 aliphatic rings. The zero-order chi connectivity index (χ0) is 20.3. The van der Waals surface area contributed by atoms with Crippen molar-refractivity contribution in [2.45, 2.75) is 0 Å². The molecule has 0 radical (unpaired) electrons. The lowest BCUT2D eigenvalue weighted by Crippen LogP contribution is -1.92. The van der Waals surface area contributed by atoms with Crippen LogP contribution in [0.15, 0.2) is 48.5 Å². The lowest BCUT2D eigenvalue weighted by atomic mass is 9.95. The molecule has 0 amide bonds. The van der Waals surface area contributed by atoms with Crippen molar-refractivity contribution in [3.63, 3.8) is 0 Å². The smallest absolute Gasteiger partial charge is 0.224 e. The highest BCUT2D eigenvalue weighted by atomic mass is 19.1. The van der Waals surface area contributed by atoms with Crippen molar-refractivity contribution >= 4 is 5.69 Å². The Labute approximate surface area is 159 Å². The molecule has 3 rings (SSSR count). The summed E-state index contributed by atoms with van der Waals surface area (Å²) in [4.78, 5) is 3.11. The van der Waals surface area contributed by atoms with Gasteiger partial charge in [-0.2, -0.15) is 15.8 Å². The van der Waals surface area contributed by atoms with E-state index in [4.69, 9.17) is 22.4 Å². The Bertz CT molecular complexity index is 1110. The molecule has 0 N–H and O–H groups in total. The minimum Gasteiger partial charge on any atom is -0.235 e. The standard InChI is InChI=1S/C22H8F2N4/c1-28-20-9-16(8-19(12-27)22(20)24)14-4-2-3-13(5-14)15-6-17(10-25)21(23)18(7-15)11-26/h2-9H. The summed E-state index contributed by atoms with van der Waals surface area (Å²) in [7, 11) is 0. The second-order valence-corrected chi connectivity index (χ2v) is 5.77. The fraction of sp³-hybridized carbons (Fsp3) is 0. The van der Waals surface area contributed by atoms with Gasteiger partial charge in [-0.3, -0.25) is 0 Å². The molecule has 0 atom stereocenters. The van der Waals surface area contributed by atoms with E-state index < -0.39 is 11.6 Å². The Balaban J connectivity index is 2.19. The van der Waals surface area contributed by atoms with E-state index in [1.165, 1.54) is 24.3 Å². The van der Waals surface area contributed by atoms with Gasteiger partial charge < -0.3 is 0 Å². The number of rotatable bonds is 2. The zero-order valence-electron chi connectivity index (χ0n) is 14.2. The van der Waals surface area contributed by atoms with Gasteiger partial charge in [0, 0.05) is 0 Å². The van der Waals surface area contributed by atoms with Gasteiger partial charge in [0.1, 0.15) is 24.0 Å². The van der Waals surface area contributed by atoms with Gasteiger partial charge in [0.25, 0.3) is 0 Å². The molecule has 0 aromatic heterocycles. The van der Waals surface area contributed by atoms with Crippen LogP contribution in [0.1, 0.15) is 16.7 Å². The minimum atomic E-state index is -0.871. The topological polar surface area (TPSA) is 75.7 Å². The van der Waals surface area contributed by atoms with Crippen molar-refractivity contribution in [3.8, 4) is 40.5 Å². The largest absolute Gasteiger partial charge is 0.235 e. The van der Waals surface area contributed by atoms with Gasteiger partial charge in [0.05, 0.1) is 23.3 Å². The first-order valence-electron chi connectivity index (χ1n) is 7.88. The summed E-state index contributed by atoms with van der Waals surface area (Å²) in [5.74, 6) is -1.74. The molecule has 0 saturated heterocycles. The predicted molar refractivity (Wildman–Crippen MR) is 97.6 cm³/mol. The Morgan fingerprint density at radius 3 is 1.61 bits per heavy atom. The molecule has 3 aromatic rings. The van der Waals surface area contributed by atoms with Crippen LogP contribution in [0.3, 0.4) is 0 Å². The Morgan fingerprint density at radius 1 is 0.679 bits per heavy atom. The molecule has 130 valence electrons. The molecule has 3 aromatic carbocycles. The van der Waals surface area contributed by atoms with E-state index in [-0.39, 0.29) is 22.4 Å². The number of hydrogen-bond acceptors (Lipinski definition) is 3. The fourth-order valence-corrected chi connectivity index (χ4v) is 2.77. The van der Waals surface area contributed by atoms with Crippen molar-refractivity contribution < 1.29 is 8.78 Å². The first-order chi connectivity index (χ1) is 13.5. The average molecular weight is 366 g/mol. The van der Waals surface area contributed by atoms with Crippen LogP contribution in [0, 0.1) is 52.2 Å². The normalized spacial score (nSPS) is 9.64. The van der Waals surface area contributed by atoms with Gasteiger partial charge in [-0.1, -0.05) is 18.2 Å². The quantitative estimate of drug-likeness (QED) is 0.565. The van der Waals surface area contributed by atoms with Crippen LogP contribution < -0.4 is 0 Å². The summed E-state index contributed by atoms with van der Waals surface area (Å²) in [6.07, 6.45) is 0. The van der Waals surface area contributed by atoms with Crippen molar-refractivity contribution in [2.75, 3.05) is 0 Å². The van der Waals surface area contributed by atoms with Crippen LogP contribution in [0.2, 0.25) is 0 Å². The van der Waals surface area contributed by atoms with Crippen LogP contribution in [0.4, 0.5) is 14.5 Å². The number of benzene rings is 3. The molecule has 0 heterocycles. The van der Waals surface area contributed by atoms with Gasteiger partial charge in [-0.05, 0) is 52.6 Å². The van der Waals surface area contributed by atoms with E-state index in [2.05, 4.69) is 4.85 Å². The molecular weight excluding hydrogens is 358 g/mol. The molecule has 0 aliphatic heterocycles. The predicted octanol–water partition coefficient (Wildman–Crippen LogP) is 5.46. The third kappa shape index (κ3) is 3.15. The van der Waals surface area contributed by atoms with Gasteiger partial charge in [0.2, 0.25) is 5.69 Å². The fourth-order valence-electron chi connectivity index (χ4n) is 2.77. The first kappa shape index (κ1) is 18.3. The third-order valence-electron chi connectivity index (χ3n) is 4.14. The zero-order valence-corrected chi connectivity index (χ0v) is 14.2. The van der Waals surface area contributed by atoms with E-state index in [0.29, 0.717) is 22.3 Å². The number of halogens is 2. The molecule has 0 unspecified atom stereocenters. The highest BCUT2D eigenvalue weighted by molar-refractivity contribution is 5.77. The van der Waals surface area contributed by atoms with Crippen LogP contribution in [-0.4, -0.2) is 0 Å². The molecule has 0 spiro atoms. The van der Waals surface area contributed by atoms with Crippen molar-refractivity contribution in [3.05, 3.63) is 88.3 Å². The number of hydrogen-bond donors (Lipinski definition) is 0. The maximum Gasteiger partial charge on any atom is 0.224 e. The summed E-state index contributed by atoms with van der Waals surface area (Å²) in [6.45, 7) is 7.08.